The molecule has 0 spiro atoms. The number of para-hydroxylation sites is 1. The molecule has 3 rings (SSSR count). The van der Waals surface area contributed by atoms with Crippen molar-refractivity contribution in [3.05, 3.63) is 63.8 Å². The number of amides is 2. The Morgan fingerprint density at radius 3 is 2.40 bits per heavy atom. The number of aromatic nitrogens is 1. The number of halogens is 1. The quantitative estimate of drug-likeness (QED) is 0.536. The molecule has 2 amide bonds. The number of hydrogen-bond donors (Lipinski definition) is 2. The molecule has 5 nitrogen and oxygen atoms in total. The third-order valence-electron chi connectivity index (χ3n) is 5.40. The summed E-state index contributed by atoms with van der Waals surface area (Å²) in [4.78, 5) is 26.5. The number of benzene rings is 2. The molecule has 0 aliphatic rings. The molecule has 0 fully saturated rings. The highest BCUT2D eigenvalue weighted by Crippen LogP contribution is 2.31. The number of nitrogens with zero attached hydrogens (tertiary/aromatic N) is 1. The smallest absolute Gasteiger partial charge is 0.273 e. The van der Waals surface area contributed by atoms with Crippen molar-refractivity contribution in [2.45, 2.75) is 40.0 Å². The Morgan fingerprint density at radius 1 is 1.00 bits per heavy atom. The van der Waals surface area contributed by atoms with Crippen molar-refractivity contribution in [3.8, 4) is 0 Å². The van der Waals surface area contributed by atoms with Crippen LogP contribution in [0.1, 0.15) is 59.2 Å². The van der Waals surface area contributed by atoms with Gasteiger partial charge >= 0.3 is 0 Å². The Bertz CT molecular complexity index is 1100. The lowest BCUT2D eigenvalue weighted by Gasteiger charge is -2.17. The van der Waals surface area contributed by atoms with E-state index in [1.165, 1.54) is 0 Å². The molecule has 0 saturated carbocycles. The fraction of sp³-hybridized carbons (Fsp3) is 0.333. The Morgan fingerprint density at radius 2 is 1.73 bits per heavy atom. The fourth-order valence-corrected chi connectivity index (χ4v) is 4.15. The minimum Gasteiger partial charge on any atom is -0.352 e. The lowest BCUT2D eigenvalue weighted by molar-refractivity contribution is 0.0940. The molecule has 0 aliphatic heterocycles. The standard InChI is InChI=1S/C24H28ClN3O2/c1-5-14-26-23(29)20-17-10-8-9-11-19(17)28(4)22(20)24(30)27-21-15(6-2)12-13-18(25)16(21)7-3/h8-13H,5-7,14H2,1-4H3,(H,26,29)(H,27,30). The van der Waals surface area contributed by atoms with E-state index in [0.29, 0.717) is 29.2 Å². The molecule has 3 aromatic rings. The predicted octanol–water partition coefficient (Wildman–Crippen LogP) is 5.35. The van der Waals surface area contributed by atoms with E-state index in [2.05, 4.69) is 10.6 Å². The van der Waals surface area contributed by atoms with Crippen LogP contribution in [0, 0.1) is 0 Å². The summed E-state index contributed by atoms with van der Waals surface area (Å²) in [6.07, 6.45) is 2.28. The summed E-state index contributed by atoms with van der Waals surface area (Å²) >= 11 is 6.40. The molecule has 0 aliphatic carbocycles. The molecule has 6 heteroatoms. The van der Waals surface area contributed by atoms with E-state index < -0.39 is 0 Å². The molecule has 0 atom stereocenters. The lowest BCUT2D eigenvalue weighted by Crippen LogP contribution is -2.28. The Labute approximate surface area is 182 Å². The van der Waals surface area contributed by atoms with Gasteiger partial charge in [-0.1, -0.05) is 56.6 Å². The van der Waals surface area contributed by atoms with E-state index in [9.17, 15) is 9.59 Å². The molecule has 0 saturated heterocycles. The third-order valence-corrected chi connectivity index (χ3v) is 5.75. The second-order valence-electron chi connectivity index (χ2n) is 7.28. The van der Waals surface area contributed by atoms with Crippen LogP contribution in [0.4, 0.5) is 5.69 Å². The molecule has 2 N–H and O–H groups in total. The fourth-order valence-electron chi connectivity index (χ4n) is 3.86. The van der Waals surface area contributed by atoms with Gasteiger partial charge in [-0.3, -0.25) is 9.59 Å². The van der Waals surface area contributed by atoms with Crippen LogP contribution in [0.15, 0.2) is 36.4 Å². The number of rotatable bonds is 7. The van der Waals surface area contributed by atoms with Crippen LogP contribution in [0.3, 0.4) is 0 Å². The van der Waals surface area contributed by atoms with Gasteiger partial charge in [0, 0.05) is 35.2 Å². The minimum atomic E-state index is -0.318. The predicted molar refractivity (Wildman–Crippen MR) is 124 cm³/mol. The molecular formula is C24H28ClN3O2. The van der Waals surface area contributed by atoms with Gasteiger partial charge in [-0.25, -0.2) is 0 Å². The molecule has 158 valence electrons. The monoisotopic (exact) mass is 425 g/mol. The molecule has 0 unspecified atom stereocenters. The maximum absolute atomic E-state index is 13.5. The molecule has 1 heterocycles. The molecule has 1 aromatic heterocycles. The highest BCUT2D eigenvalue weighted by Gasteiger charge is 2.26. The van der Waals surface area contributed by atoms with Crippen LogP contribution in [0.5, 0.6) is 0 Å². The Balaban J connectivity index is 2.14. The summed E-state index contributed by atoms with van der Waals surface area (Å²) in [7, 11) is 1.81. The molecule has 0 radical (unpaired) electrons. The summed E-state index contributed by atoms with van der Waals surface area (Å²) in [5, 5.41) is 7.37. The van der Waals surface area contributed by atoms with Crippen LogP contribution >= 0.6 is 11.6 Å². The number of aryl methyl sites for hydroxylation is 2. The maximum atomic E-state index is 13.5. The lowest BCUT2D eigenvalue weighted by atomic mass is 10.0. The summed E-state index contributed by atoms with van der Waals surface area (Å²) < 4.78 is 1.79. The van der Waals surface area contributed by atoms with Gasteiger partial charge in [-0.15, -0.1) is 0 Å². The topological polar surface area (TPSA) is 63.1 Å². The zero-order valence-electron chi connectivity index (χ0n) is 17.9. The van der Waals surface area contributed by atoms with Crippen molar-refractivity contribution in [3.63, 3.8) is 0 Å². The van der Waals surface area contributed by atoms with E-state index in [-0.39, 0.29) is 11.8 Å². The van der Waals surface area contributed by atoms with Gasteiger partial charge in [0.05, 0.1) is 5.56 Å². The number of anilines is 1. The largest absolute Gasteiger partial charge is 0.352 e. The molecule has 2 aromatic carbocycles. The third kappa shape index (κ3) is 3.94. The highest BCUT2D eigenvalue weighted by molar-refractivity contribution is 6.32. The molecule has 30 heavy (non-hydrogen) atoms. The van der Waals surface area contributed by atoms with Crippen molar-refractivity contribution >= 4 is 40.0 Å². The minimum absolute atomic E-state index is 0.240. The maximum Gasteiger partial charge on any atom is 0.273 e. The van der Waals surface area contributed by atoms with Gasteiger partial charge in [-0.2, -0.15) is 0 Å². The highest BCUT2D eigenvalue weighted by atomic mass is 35.5. The zero-order chi connectivity index (χ0) is 21.8. The van der Waals surface area contributed by atoms with E-state index in [4.69, 9.17) is 11.6 Å². The van der Waals surface area contributed by atoms with Crippen molar-refractivity contribution < 1.29 is 9.59 Å². The van der Waals surface area contributed by atoms with Crippen LogP contribution in [-0.4, -0.2) is 22.9 Å². The molecular weight excluding hydrogens is 398 g/mol. The first kappa shape index (κ1) is 21.9. The van der Waals surface area contributed by atoms with Crippen LogP contribution in [-0.2, 0) is 19.9 Å². The van der Waals surface area contributed by atoms with Gasteiger partial charge < -0.3 is 15.2 Å². The van der Waals surface area contributed by atoms with Gasteiger partial charge in [0.25, 0.3) is 11.8 Å². The second-order valence-corrected chi connectivity index (χ2v) is 7.68. The van der Waals surface area contributed by atoms with Crippen LogP contribution < -0.4 is 10.6 Å². The van der Waals surface area contributed by atoms with Crippen molar-refractivity contribution in [1.29, 1.82) is 0 Å². The van der Waals surface area contributed by atoms with Crippen LogP contribution in [0.2, 0.25) is 5.02 Å². The van der Waals surface area contributed by atoms with E-state index in [1.54, 1.807) is 4.57 Å². The average Bonchev–Trinajstić information content (AvgIpc) is 3.05. The number of fused-ring (bicyclic) bond motifs is 1. The van der Waals surface area contributed by atoms with Crippen molar-refractivity contribution in [1.82, 2.24) is 9.88 Å². The van der Waals surface area contributed by atoms with Gasteiger partial charge in [0.2, 0.25) is 0 Å². The van der Waals surface area contributed by atoms with Crippen LogP contribution in [0.25, 0.3) is 10.9 Å². The summed E-state index contributed by atoms with van der Waals surface area (Å²) in [6, 6.07) is 11.4. The van der Waals surface area contributed by atoms with Crippen molar-refractivity contribution in [2.75, 3.05) is 11.9 Å². The van der Waals surface area contributed by atoms with E-state index >= 15 is 0 Å². The van der Waals surface area contributed by atoms with Crippen molar-refractivity contribution in [2.24, 2.45) is 7.05 Å². The van der Waals surface area contributed by atoms with E-state index in [0.717, 1.165) is 40.6 Å². The van der Waals surface area contributed by atoms with Gasteiger partial charge in [-0.05, 0) is 42.5 Å². The first-order chi connectivity index (χ1) is 14.4. The molecule has 0 bridgehead atoms. The summed E-state index contributed by atoms with van der Waals surface area (Å²) in [5.41, 5.74) is 4.23. The average molecular weight is 426 g/mol. The first-order valence-electron chi connectivity index (χ1n) is 10.4. The number of hydrogen-bond acceptors (Lipinski definition) is 2. The van der Waals surface area contributed by atoms with Gasteiger partial charge in [0.15, 0.2) is 0 Å². The normalized spacial score (nSPS) is 11.0. The number of nitrogens with one attached hydrogen (secondary N) is 2. The second kappa shape index (κ2) is 9.35. The Kier molecular flexibility index (Phi) is 6.83. The summed E-state index contributed by atoms with van der Waals surface area (Å²) in [6.45, 7) is 6.60. The van der Waals surface area contributed by atoms with E-state index in [1.807, 2.05) is 64.2 Å². The first-order valence-corrected chi connectivity index (χ1v) is 10.8. The number of carbonyl (C=O) groups excluding carboxylic acids is 2. The Hall–Kier alpha value is -2.79. The zero-order valence-corrected chi connectivity index (χ0v) is 18.7. The summed E-state index contributed by atoms with van der Waals surface area (Å²) in [5.74, 6) is -0.557. The number of carbonyl (C=O) groups is 2. The van der Waals surface area contributed by atoms with Gasteiger partial charge in [0.1, 0.15) is 5.69 Å². The SMILES string of the molecule is CCCNC(=O)c1c(C(=O)Nc2c(CC)ccc(Cl)c2CC)n(C)c2ccccc12.